The van der Waals surface area contributed by atoms with Crippen LogP contribution in [-0.2, 0) is 9.47 Å². The number of anilines is 1. The van der Waals surface area contributed by atoms with E-state index in [-0.39, 0.29) is 23.8 Å². The average molecular weight is 511 g/mol. The molecule has 11 heteroatoms. The third-order valence-corrected chi connectivity index (χ3v) is 9.05. The lowest BCUT2D eigenvalue weighted by atomic mass is 10.1. The Labute approximate surface area is 207 Å². The predicted molar refractivity (Wildman–Crippen MR) is 132 cm³/mol. The van der Waals surface area contributed by atoms with Gasteiger partial charge < -0.3 is 29.0 Å². The number of aliphatic hydroxyl groups excluding tert-OH is 1. The largest absolute Gasteiger partial charge is 0.493 e. The smallest absolute Gasteiger partial charge is 0.416 e. The lowest BCUT2D eigenvalue weighted by Gasteiger charge is -2.31. The zero-order valence-electron chi connectivity index (χ0n) is 19.4. The van der Waals surface area contributed by atoms with Gasteiger partial charge in [0, 0.05) is 36.8 Å². The second-order valence-corrected chi connectivity index (χ2v) is 11.1. The van der Waals surface area contributed by atoms with E-state index in [4.69, 9.17) is 18.9 Å². The maximum atomic E-state index is 13.4. The summed E-state index contributed by atoms with van der Waals surface area (Å²) in [4.78, 5) is 29.3. The number of hydrogen-bond acceptors (Lipinski definition) is 9. The molecule has 1 aromatic carbocycles. The molecule has 2 atom stereocenters. The first kappa shape index (κ1) is 25.0. The summed E-state index contributed by atoms with van der Waals surface area (Å²) in [5, 5.41) is 11.8. The Bertz CT molecular complexity index is 938. The van der Waals surface area contributed by atoms with Crippen molar-refractivity contribution in [3.8, 4) is 11.5 Å². The van der Waals surface area contributed by atoms with Gasteiger partial charge in [0.05, 0.1) is 31.5 Å². The first-order chi connectivity index (χ1) is 16.4. The highest BCUT2D eigenvalue weighted by Gasteiger charge is 2.46. The number of hydrogen-bond donors (Lipinski definition) is 1. The van der Waals surface area contributed by atoms with Crippen LogP contribution in [0.15, 0.2) is 24.3 Å². The topological polar surface area (TPSA) is 97.8 Å². The van der Waals surface area contributed by atoms with E-state index in [1.807, 2.05) is 0 Å². The number of ether oxygens (including phenoxy) is 4. The van der Waals surface area contributed by atoms with E-state index in [0.29, 0.717) is 35.5 Å². The molecular weight excluding hydrogens is 480 g/mol. The van der Waals surface area contributed by atoms with E-state index >= 15 is 0 Å². The second-order valence-electron chi connectivity index (χ2n) is 8.31. The van der Waals surface area contributed by atoms with E-state index in [0.717, 1.165) is 36.5 Å². The van der Waals surface area contributed by atoms with Crippen molar-refractivity contribution in [2.45, 2.75) is 36.8 Å². The average Bonchev–Trinajstić information content (AvgIpc) is 3.22. The van der Waals surface area contributed by atoms with Crippen LogP contribution >= 0.6 is 21.6 Å². The minimum absolute atomic E-state index is 0.181. The van der Waals surface area contributed by atoms with Crippen molar-refractivity contribution in [1.82, 2.24) is 4.90 Å². The third-order valence-electron chi connectivity index (χ3n) is 6.11. The molecule has 2 fully saturated rings. The van der Waals surface area contributed by atoms with Crippen LogP contribution in [0.4, 0.5) is 10.5 Å². The highest BCUT2D eigenvalue weighted by Crippen LogP contribution is 2.41. The Morgan fingerprint density at radius 1 is 1.24 bits per heavy atom. The number of benzene rings is 1. The molecule has 3 heterocycles. The van der Waals surface area contributed by atoms with Crippen molar-refractivity contribution < 1.29 is 33.6 Å². The molecule has 3 aliphatic heterocycles. The number of carbonyl (C=O) groups is 2. The van der Waals surface area contributed by atoms with Gasteiger partial charge >= 0.3 is 6.09 Å². The van der Waals surface area contributed by atoms with Gasteiger partial charge in [-0.05, 0) is 25.3 Å². The van der Waals surface area contributed by atoms with Gasteiger partial charge in [-0.1, -0.05) is 33.7 Å². The Hall–Kier alpha value is -2.08. The van der Waals surface area contributed by atoms with Crippen LogP contribution in [0.3, 0.4) is 0 Å². The molecule has 0 radical (unpaired) electrons. The van der Waals surface area contributed by atoms with Gasteiger partial charge in [0.15, 0.2) is 17.7 Å². The summed E-state index contributed by atoms with van der Waals surface area (Å²) in [5.41, 5.74) is 1.27. The minimum atomic E-state index is -1.29. The first-order valence-electron chi connectivity index (χ1n) is 11.2. The molecule has 9 nitrogen and oxygen atoms in total. The van der Waals surface area contributed by atoms with Gasteiger partial charge in [-0.2, -0.15) is 0 Å². The summed E-state index contributed by atoms with van der Waals surface area (Å²) in [6, 6.07) is 2.45. The summed E-state index contributed by atoms with van der Waals surface area (Å²) in [5.74, 6) is 1.00. The molecule has 3 aliphatic rings. The Kier molecular flexibility index (Phi) is 8.18. The standard InChI is InChI=1S/C23H30N2O7S2/c1-14-10-18-22(27)25(23(28)32-8-9-33-34-15-4-6-31-7-5-15)17-12-20(30-3)19(29-2)11-16(17)21(26)24(18)13-14/h11-12,15,18,22,27H,1,4-10,13H2,2-3H3/t18-,22?/m0/s1. The van der Waals surface area contributed by atoms with Crippen molar-refractivity contribution in [2.24, 2.45) is 0 Å². The number of nitrogens with zero attached hydrogens (tertiary/aromatic N) is 2. The molecule has 0 spiro atoms. The van der Waals surface area contributed by atoms with Gasteiger partial charge in [0.1, 0.15) is 6.61 Å². The molecule has 0 saturated carbocycles. The maximum absolute atomic E-state index is 13.4. The number of rotatable bonds is 7. The van der Waals surface area contributed by atoms with Gasteiger partial charge in [0.2, 0.25) is 0 Å². The Morgan fingerprint density at radius 3 is 2.65 bits per heavy atom. The Balaban J connectivity index is 1.52. The van der Waals surface area contributed by atoms with Crippen molar-refractivity contribution in [2.75, 3.05) is 51.2 Å². The summed E-state index contributed by atoms with van der Waals surface area (Å²) in [7, 11) is 6.39. The summed E-state index contributed by atoms with van der Waals surface area (Å²) < 4.78 is 21.7. The van der Waals surface area contributed by atoms with Gasteiger partial charge in [0.25, 0.3) is 5.91 Å². The predicted octanol–water partition coefficient (Wildman–Crippen LogP) is 3.31. The number of aliphatic hydroxyl groups is 1. The number of methoxy groups -OCH3 is 2. The molecule has 4 rings (SSSR count). The van der Waals surface area contributed by atoms with E-state index < -0.39 is 18.4 Å². The molecule has 186 valence electrons. The summed E-state index contributed by atoms with van der Waals surface area (Å²) in [6.45, 7) is 6.05. The molecule has 2 amide bonds. The molecule has 0 bridgehead atoms. The van der Waals surface area contributed by atoms with E-state index in [1.54, 1.807) is 26.5 Å². The lowest BCUT2D eigenvalue weighted by molar-refractivity contribution is 0.0493. The summed E-state index contributed by atoms with van der Waals surface area (Å²) in [6.07, 6.45) is 0.438. The van der Waals surface area contributed by atoms with Crippen molar-refractivity contribution >= 4 is 39.3 Å². The van der Waals surface area contributed by atoms with Gasteiger partial charge in [-0.3, -0.25) is 4.79 Å². The number of amides is 2. The minimum Gasteiger partial charge on any atom is -0.493 e. The fourth-order valence-electron chi connectivity index (χ4n) is 4.38. The molecule has 0 aromatic heterocycles. The molecule has 0 aliphatic carbocycles. The van der Waals surface area contributed by atoms with Crippen molar-refractivity contribution in [1.29, 1.82) is 0 Å². The normalized spacial score (nSPS) is 22.8. The van der Waals surface area contributed by atoms with Crippen LogP contribution in [0.25, 0.3) is 0 Å². The van der Waals surface area contributed by atoms with Crippen LogP contribution in [0.5, 0.6) is 11.5 Å². The van der Waals surface area contributed by atoms with E-state index in [2.05, 4.69) is 6.58 Å². The monoisotopic (exact) mass is 510 g/mol. The molecule has 2 saturated heterocycles. The van der Waals surface area contributed by atoms with Crippen LogP contribution in [0.2, 0.25) is 0 Å². The van der Waals surface area contributed by atoms with Crippen LogP contribution in [-0.4, -0.2) is 85.9 Å². The Morgan fingerprint density at radius 2 is 1.94 bits per heavy atom. The highest BCUT2D eigenvalue weighted by molar-refractivity contribution is 8.76. The molecule has 1 aromatic rings. The lowest BCUT2D eigenvalue weighted by Crippen LogP contribution is -2.51. The van der Waals surface area contributed by atoms with Gasteiger partial charge in [-0.15, -0.1) is 0 Å². The molecular formula is C23H30N2O7S2. The third kappa shape index (κ3) is 5.12. The molecule has 34 heavy (non-hydrogen) atoms. The highest BCUT2D eigenvalue weighted by atomic mass is 33.1. The maximum Gasteiger partial charge on any atom is 0.416 e. The van der Waals surface area contributed by atoms with Crippen LogP contribution < -0.4 is 14.4 Å². The number of fused-ring (bicyclic) bond motifs is 2. The zero-order chi connectivity index (χ0) is 24.2. The molecule has 1 N–H and O–H groups in total. The second kappa shape index (κ2) is 11.1. The van der Waals surface area contributed by atoms with E-state index in [9.17, 15) is 14.7 Å². The molecule has 1 unspecified atom stereocenters. The van der Waals surface area contributed by atoms with Crippen LogP contribution in [0.1, 0.15) is 29.6 Å². The first-order valence-corrected chi connectivity index (χ1v) is 13.6. The summed E-state index contributed by atoms with van der Waals surface area (Å²) >= 11 is 0. The fourth-order valence-corrected chi connectivity index (χ4v) is 6.85. The van der Waals surface area contributed by atoms with Gasteiger partial charge in [-0.25, -0.2) is 9.69 Å². The van der Waals surface area contributed by atoms with Crippen molar-refractivity contribution in [3.05, 3.63) is 29.8 Å². The van der Waals surface area contributed by atoms with E-state index in [1.165, 1.54) is 26.4 Å². The fraction of sp³-hybridized carbons (Fsp3) is 0.565. The van der Waals surface area contributed by atoms with Crippen LogP contribution in [0, 0.1) is 0 Å². The quantitative estimate of drug-likeness (QED) is 0.337. The SMILES string of the molecule is C=C1C[C@H]2C(O)N(C(=O)OCCSSC3CCOCC3)c3cc(OC)c(OC)cc3C(=O)N2C1. The number of carbonyl (C=O) groups excluding carboxylic acids is 2. The van der Waals surface area contributed by atoms with Crippen molar-refractivity contribution in [3.63, 3.8) is 0 Å². The zero-order valence-corrected chi connectivity index (χ0v) is 21.0.